The fourth-order valence-electron chi connectivity index (χ4n) is 3.50. The van der Waals surface area contributed by atoms with Crippen LogP contribution in [-0.2, 0) is 5.16 Å². The highest BCUT2D eigenvalue weighted by Crippen LogP contribution is 2.51. The maximum absolute atomic E-state index is 3.18. The van der Waals surface area contributed by atoms with Crippen LogP contribution in [0.25, 0.3) is 0 Å². The van der Waals surface area contributed by atoms with Gasteiger partial charge in [-0.05, 0) is 23.1 Å². The second-order valence-corrected chi connectivity index (χ2v) is 6.88. The van der Waals surface area contributed by atoms with Gasteiger partial charge in [0.1, 0.15) is 0 Å². The van der Waals surface area contributed by atoms with Gasteiger partial charge in [0.2, 0.25) is 0 Å². The average Bonchev–Trinajstić information content (AvgIpc) is 2.64. The topological polar surface area (TPSA) is 0 Å². The molecule has 2 unspecified atom stereocenters. The molecule has 0 radical (unpaired) electrons. The molecule has 0 aliphatic carbocycles. The Morgan fingerprint density at radius 3 is 1.46 bits per heavy atom. The molecule has 0 aromatic heterocycles. The van der Waals surface area contributed by atoms with E-state index in [1.807, 2.05) is 0 Å². The van der Waals surface area contributed by atoms with Crippen molar-refractivity contribution >= 4 is 26.2 Å². The van der Waals surface area contributed by atoms with Crippen LogP contribution in [0.15, 0.2) is 91.0 Å². The molecule has 3 aromatic rings. The first-order valence-corrected chi connectivity index (χ1v) is 8.79. The van der Waals surface area contributed by atoms with Gasteiger partial charge >= 0.3 is 0 Å². The lowest BCUT2D eigenvalue weighted by Gasteiger charge is -2.39. The third-order valence-corrected chi connectivity index (χ3v) is 5.73. The van der Waals surface area contributed by atoms with Gasteiger partial charge in [0.25, 0.3) is 0 Å². The molecule has 24 heavy (non-hydrogen) atoms. The molecular formula is C22H24BrP. The van der Waals surface area contributed by atoms with Crippen LogP contribution in [0.5, 0.6) is 0 Å². The van der Waals surface area contributed by atoms with E-state index in [0.29, 0.717) is 5.92 Å². The number of rotatable bonds is 5. The summed E-state index contributed by atoms with van der Waals surface area (Å²) in [7, 11) is 3.18. The van der Waals surface area contributed by atoms with Gasteiger partial charge in [-0.15, -0.1) is 26.2 Å². The van der Waals surface area contributed by atoms with Crippen molar-refractivity contribution in [1.29, 1.82) is 0 Å². The lowest BCUT2D eigenvalue weighted by Crippen LogP contribution is -2.28. The number of hydrogen-bond acceptors (Lipinski definition) is 0. The van der Waals surface area contributed by atoms with Crippen LogP contribution < -0.4 is 0 Å². The van der Waals surface area contributed by atoms with Gasteiger partial charge in [-0.3, -0.25) is 0 Å². The van der Waals surface area contributed by atoms with E-state index in [0.717, 1.165) is 6.42 Å². The second kappa shape index (κ2) is 8.60. The van der Waals surface area contributed by atoms with Crippen molar-refractivity contribution in [1.82, 2.24) is 0 Å². The Morgan fingerprint density at radius 1 is 0.708 bits per heavy atom. The molecule has 3 rings (SSSR count). The molecular weight excluding hydrogens is 375 g/mol. The average molecular weight is 399 g/mol. The second-order valence-electron chi connectivity index (χ2n) is 5.97. The summed E-state index contributed by atoms with van der Waals surface area (Å²) in [4.78, 5) is 0. The third kappa shape index (κ3) is 3.63. The highest BCUT2D eigenvalue weighted by atomic mass is 79.9. The normalized spacial score (nSPS) is 12.2. The van der Waals surface area contributed by atoms with Crippen LogP contribution in [0.4, 0.5) is 0 Å². The van der Waals surface area contributed by atoms with E-state index < -0.39 is 0 Å². The molecule has 0 spiro atoms. The fourth-order valence-corrected chi connectivity index (χ4v) is 4.32. The Morgan fingerprint density at radius 2 is 1.08 bits per heavy atom. The van der Waals surface area contributed by atoms with Crippen molar-refractivity contribution in [3.8, 4) is 0 Å². The quantitative estimate of drug-likeness (QED) is 0.425. The molecule has 0 saturated carbocycles. The molecule has 0 nitrogen and oxygen atoms in total. The molecule has 0 heterocycles. The molecule has 0 fully saturated rings. The molecule has 3 aromatic carbocycles. The van der Waals surface area contributed by atoms with Crippen molar-refractivity contribution < 1.29 is 0 Å². The standard InChI is InChI=1S/C22H23P.BrH/c1-2-21(18-12-6-3-7-13-18)22(23,19-14-8-4-9-15-19)20-16-10-5-11-17-20;/h3-17,21H,2,23H2,1H3;1H. The first-order chi connectivity index (χ1) is 11.3. The van der Waals surface area contributed by atoms with Gasteiger partial charge in [-0.25, -0.2) is 0 Å². The summed E-state index contributed by atoms with van der Waals surface area (Å²) in [5.41, 5.74) is 4.07. The van der Waals surface area contributed by atoms with Crippen LogP contribution >= 0.6 is 26.2 Å². The van der Waals surface area contributed by atoms with E-state index in [9.17, 15) is 0 Å². The van der Waals surface area contributed by atoms with Crippen molar-refractivity contribution in [3.63, 3.8) is 0 Å². The van der Waals surface area contributed by atoms with E-state index in [1.165, 1.54) is 16.7 Å². The Hall–Kier alpha value is -1.43. The minimum Gasteiger partial charge on any atom is -0.121 e. The minimum atomic E-state index is -0.126. The summed E-state index contributed by atoms with van der Waals surface area (Å²) in [6.45, 7) is 2.28. The van der Waals surface area contributed by atoms with Crippen molar-refractivity contribution in [2.24, 2.45) is 0 Å². The summed E-state index contributed by atoms with van der Waals surface area (Å²) >= 11 is 0. The molecule has 2 heteroatoms. The molecule has 0 aliphatic rings. The Kier molecular flexibility index (Phi) is 6.78. The molecule has 0 N–H and O–H groups in total. The Labute approximate surface area is 158 Å². The summed E-state index contributed by atoms with van der Waals surface area (Å²) in [6, 6.07) is 32.5. The first kappa shape index (κ1) is 18.9. The smallest absolute Gasteiger partial charge is 0.0412 e. The highest BCUT2D eigenvalue weighted by Gasteiger charge is 2.37. The first-order valence-electron chi connectivity index (χ1n) is 8.21. The van der Waals surface area contributed by atoms with Gasteiger partial charge in [-0.1, -0.05) is 97.9 Å². The Bertz CT molecular complexity index is 686. The number of benzene rings is 3. The predicted molar refractivity (Wildman–Crippen MR) is 113 cm³/mol. The van der Waals surface area contributed by atoms with Gasteiger partial charge in [0.15, 0.2) is 0 Å². The minimum absolute atomic E-state index is 0. The van der Waals surface area contributed by atoms with Gasteiger partial charge in [-0.2, -0.15) is 0 Å². The summed E-state index contributed by atoms with van der Waals surface area (Å²) < 4.78 is 0. The molecule has 0 saturated heterocycles. The molecule has 124 valence electrons. The predicted octanol–water partition coefficient (Wildman–Crippen LogP) is 6.58. The van der Waals surface area contributed by atoms with Crippen LogP contribution in [0, 0.1) is 0 Å². The van der Waals surface area contributed by atoms with Crippen molar-refractivity contribution in [2.45, 2.75) is 24.4 Å². The van der Waals surface area contributed by atoms with Crippen LogP contribution in [0.3, 0.4) is 0 Å². The van der Waals surface area contributed by atoms with Crippen LogP contribution in [0.2, 0.25) is 0 Å². The SMILES string of the molecule is Br.CCC(c1ccccc1)C(P)(c1ccccc1)c1ccccc1. The van der Waals surface area contributed by atoms with Gasteiger partial charge in [0, 0.05) is 11.1 Å². The molecule has 0 bridgehead atoms. The van der Waals surface area contributed by atoms with Crippen molar-refractivity contribution in [2.75, 3.05) is 0 Å². The third-order valence-electron chi connectivity index (χ3n) is 4.66. The van der Waals surface area contributed by atoms with Crippen LogP contribution in [-0.4, -0.2) is 0 Å². The summed E-state index contributed by atoms with van der Waals surface area (Å²) in [6.07, 6.45) is 1.08. The monoisotopic (exact) mass is 398 g/mol. The van der Waals surface area contributed by atoms with Gasteiger partial charge < -0.3 is 0 Å². The lowest BCUT2D eigenvalue weighted by atomic mass is 9.75. The zero-order chi connectivity index (χ0) is 16.1. The zero-order valence-electron chi connectivity index (χ0n) is 13.9. The zero-order valence-corrected chi connectivity index (χ0v) is 16.8. The van der Waals surface area contributed by atoms with E-state index in [4.69, 9.17) is 0 Å². The maximum atomic E-state index is 3.18. The van der Waals surface area contributed by atoms with E-state index in [-0.39, 0.29) is 22.1 Å². The molecule has 0 aliphatic heterocycles. The highest BCUT2D eigenvalue weighted by molar-refractivity contribution is 8.93. The van der Waals surface area contributed by atoms with Gasteiger partial charge in [0.05, 0.1) is 0 Å². The van der Waals surface area contributed by atoms with Crippen LogP contribution in [0.1, 0.15) is 36.0 Å². The summed E-state index contributed by atoms with van der Waals surface area (Å²) in [5, 5.41) is -0.126. The maximum Gasteiger partial charge on any atom is 0.0412 e. The number of halogens is 1. The summed E-state index contributed by atoms with van der Waals surface area (Å²) in [5.74, 6) is 0.401. The van der Waals surface area contributed by atoms with E-state index in [1.54, 1.807) is 0 Å². The Balaban J connectivity index is 0.00000208. The molecule has 2 atom stereocenters. The fraction of sp³-hybridized carbons (Fsp3) is 0.182. The van der Waals surface area contributed by atoms with E-state index >= 15 is 0 Å². The molecule has 0 amide bonds. The van der Waals surface area contributed by atoms with Crippen molar-refractivity contribution in [3.05, 3.63) is 108 Å². The number of hydrogen-bond donors (Lipinski definition) is 0. The van der Waals surface area contributed by atoms with E-state index in [2.05, 4.69) is 107 Å². The largest absolute Gasteiger partial charge is 0.121 e. The lowest BCUT2D eigenvalue weighted by molar-refractivity contribution is 0.542.